The number of carboxylic acid groups (broad SMARTS) is 3. The lowest BCUT2D eigenvalue weighted by Gasteiger charge is -2.35. The molecule has 10 amide bonds. The highest BCUT2D eigenvalue weighted by molar-refractivity contribution is 6.00. The minimum atomic E-state index is -1.81. The molecule has 11 atom stereocenters. The van der Waals surface area contributed by atoms with E-state index < -0.39 is 188 Å². The average Bonchev–Trinajstić information content (AvgIpc) is 4.01. The molecule has 4 aliphatic heterocycles. The Balaban J connectivity index is 1.29. The molecule has 0 aromatic heterocycles. The number of nitrogens with two attached hydrogens (primary N) is 1. The first-order valence-corrected chi connectivity index (χ1v) is 28.0. The first kappa shape index (κ1) is 66.0. The number of aliphatic carboxylic acids is 3. The highest BCUT2D eigenvalue weighted by atomic mass is 16.4. The second-order valence-electron chi connectivity index (χ2n) is 22.0. The van der Waals surface area contributed by atoms with Crippen molar-refractivity contribution in [2.45, 2.75) is 171 Å². The maximum absolute atomic E-state index is 14.7. The van der Waals surface area contributed by atoms with Crippen molar-refractivity contribution in [2.75, 3.05) is 39.4 Å². The van der Waals surface area contributed by atoms with Gasteiger partial charge in [-0.25, -0.2) is 4.79 Å². The molecule has 4 heterocycles. The first-order chi connectivity index (χ1) is 39.3. The number of nitrogens with one attached hydrogen (secondary N) is 6. The monoisotopic (exact) mass is 1170 g/mol. The van der Waals surface area contributed by atoms with Crippen LogP contribution in [0.4, 0.5) is 0 Å². The van der Waals surface area contributed by atoms with E-state index in [4.69, 9.17) is 5.73 Å². The normalized spacial score (nSPS) is 21.2. The molecule has 0 saturated carbocycles. The molecule has 458 valence electrons. The summed E-state index contributed by atoms with van der Waals surface area (Å²) in [6.07, 6.45) is -0.0194. The van der Waals surface area contributed by atoms with Crippen molar-refractivity contribution in [3.63, 3.8) is 0 Å². The lowest BCUT2D eigenvalue weighted by atomic mass is 10.00. The molecular weight excluding hydrogens is 1090 g/mol. The lowest BCUT2D eigenvalue weighted by molar-refractivity contribution is -0.151. The van der Waals surface area contributed by atoms with Crippen molar-refractivity contribution < 1.29 is 87.9 Å². The smallest absolute Gasteiger partial charge is 0.326 e. The summed E-state index contributed by atoms with van der Waals surface area (Å²) in [6.45, 7) is 4.95. The Morgan fingerprint density at radius 2 is 0.952 bits per heavy atom. The van der Waals surface area contributed by atoms with E-state index in [-0.39, 0.29) is 58.3 Å². The molecule has 13 N–H and O–H groups in total. The molecule has 0 radical (unpaired) electrons. The van der Waals surface area contributed by atoms with E-state index >= 15 is 0 Å². The van der Waals surface area contributed by atoms with Crippen LogP contribution in [0.5, 0.6) is 0 Å². The van der Waals surface area contributed by atoms with Crippen molar-refractivity contribution in [2.24, 2.45) is 17.6 Å². The van der Waals surface area contributed by atoms with Crippen molar-refractivity contribution in [3.8, 4) is 0 Å². The van der Waals surface area contributed by atoms with Crippen LogP contribution >= 0.6 is 0 Å². The summed E-state index contributed by atoms with van der Waals surface area (Å²) in [5, 5.41) is 62.9. The van der Waals surface area contributed by atoms with E-state index in [0.717, 1.165) is 4.90 Å². The molecule has 0 bridgehead atoms. The van der Waals surface area contributed by atoms with Gasteiger partial charge in [0, 0.05) is 39.0 Å². The quantitative estimate of drug-likeness (QED) is 0.0382. The third-order valence-electron chi connectivity index (χ3n) is 15.3. The van der Waals surface area contributed by atoms with Crippen LogP contribution in [0.15, 0.2) is 30.3 Å². The Morgan fingerprint density at radius 3 is 1.45 bits per heavy atom. The number of benzene rings is 1. The fourth-order valence-corrected chi connectivity index (χ4v) is 10.8. The molecular formula is C54H79N11O18. The zero-order valence-electron chi connectivity index (χ0n) is 47.0. The van der Waals surface area contributed by atoms with E-state index in [1.54, 1.807) is 44.2 Å². The van der Waals surface area contributed by atoms with Crippen LogP contribution in [-0.4, -0.2) is 228 Å². The summed E-state index contributed by atoms with van der Waals surface area (Å²) >= 11 is 0. The van der Waals surface area contributed by atoms with E-state index in [9.17, 15) is 87.9 Å². The SMILES string of the molecule is CC(C)[C@H](NC(=O)[C@H](CC(=O)O)NC(=O)[C@@H]1CCCN1C(=O)[C@@H]1CCCN1C(=O)[C@@H]1CCCN1C(=O)[C@H](Cc1ccccc1)NC(=O)[C@@H](NC(=O)[C@H](CO)NC(=O)[C@@H](N)CO)C(C)C)C(=O)N[C@@H](CCC(=O)O)C(=O)N1CCC[C@H]1C(=O)O. The summed E-state index contributed by atoms with van der Waals surface area (Å²) in [7, 11) is 0. The maximum atomic E-state index is 14.7. The average molecular weight is 1170 g/mol. The number of likely N-dealkylation sites (tertiary alicyclic amines) is 4. The highest BCUT2D eigenvalue weighted by Crippen LogP contribution is 2.30. The second kappa shape index (κ2) is 30.5. The third-order valence-corrected chi connectivity index (χ3v) is 15.3. The molecule has 5 rings (SSSR count). The summed E-state index contributed by atoms with van der Waals surface area (Å²) in [5.74, 6) is -13.7. The van der Waals surface area contributed by atoms with Crippen molar-refractivity contribution in [3.05, 3.63) is 35.9 Å². The molecule has 29 heteroatoms. The largest absolute Gasteiger partial charge is 0.481 e. The van der Waals surface area contributed by atoms with Crippen LogP contribution < -0.4 is 37.6 Å². The Labute approximate surface area is 479 Å². The number of hydrogen-bond acceptors (Lipinski definition) is 16. The number of amides is 10. The molecule has 0 aliphatic carbocycles. The van der Waals surface area contributed by atoms with Crippen molar-refractivity contribution in [1.82, 2.24) is 51.5 Å². The molecule has 1 aromatic carbocycles. The fourth-order valence-electron chi connectivity index (χ4n) is 10.8. The molecule has 4 fully saturated rings. The number of carboxylic acids is 3. The van der Waals surface area contributed by atoms with Crippen LogP contribution in [0, 0.1) is 11.8 Å². The van der Waals surface area contributed by atoms with Crippen molar-refractivity contribution in [1.29, 1.82) is 0 Å². The van der Waals surface area contributed by atoms with Gasteiger partial charge in [0.15, 0.2) is 0 Å². The van der Waals surface area contributed by atoms with Gasteiger partial charge >= 0.3 is 17.9 Å². The standard InChI is InChI=1S/C54H79N11O18/c1-28(2)42(48(76)56-32(18-19-40(68)69)50(78)65-23-11-17-39(65)54(82)83)60-45(73)33(25-41(70)71)57-47(75)36-14-8-20-62(36)52(80)38-16-10-22-64(38)53(81)37-15-9-21-63(37)51(79)34(24-30-12-6-5-7-13-30)58-49(77)43(29(3)4)61-46(74)35(27-67)59-44(72)31(55)26-66/h5-7,12-13,28-29,31-39,42-43,66-67H,8-11,14-27,55H2,1-4H3,(H,56,76)(H,57,75)(H,58,77)(H,59,72)(H,60,73)(H,61,74)(H,68,69)(H,70,71)(H,82,83)/t31-,32-,33-,34-,35-,36-,37-,38-,39-,42-,43-/m0/s1. The predicted octanol–water partition coefficient (Wildman–Crippen LogP) is -3.85. The molecule has 83 heavy (non-hydrogen) atoms. The highest BCUT2D eigenvalue weighted by Gasteiger charge is 2.48. The third kappa shape index (κ3) is 17.4. The fraction of sp³-hybridized carbons (Fsp3) is 0.648. The van der Waals surface area contributed by atoms with Crippen LogP contribution in [-0.2, 0) is 68.7 Å². The van der Waals surface area contributed by atoms with Gasteiger partial charge < -0.3 is 82.8 Å². The van der Waals surface area contributed by atoms with E-state index in [0.29, 0.717) is 31.2 Å². The lowest BCUT2D eigenvalue weighted by Crippen LogP contribution is -2.61. The van der Waals surface area contributed by atoms with Gasteiger partial charge in [0.25, 0.3) is 0 Å². The van der Waals surface area contributed by atoms with Crippen LogP contribution in [0.2, 0.25) is 0 Å². The Bertz CT molecular complexity index is 2570. The minimum absolute atomic E-state index is 0.0394. The second-order valence-corrected chi connectivity index (χ2v) is 22.0. The Hall–Kier alpha value is -7.79. The van der Waals surface area contributed by atoms with Gasteiger partial charge in [0.05, 0.1) is 19.6 Å². The topological polar surface area (TPSA) is 434 Å². The van der Waals surface area contributed by atoms with Gasteiger partial charge in [0.2, 0.25) is 59.1 Å². The van der Waals surface area contributed by atoms with Crippen LogP contribution in [0.3, 0.4) is 0 Å². The number of rotatable bonds is 28. The maximum Gasteiger partial charge on any atom is 0.326 e. The van der Waals surface area contributed by atoms with Gasteiger partial charge in [0.1, 0.15) is 66.5 Å². The number of aliphatic hydroxyl groups is 2. The Morgan fingerprint density at radius 1 is 0.506 bits per heavy atom. The molecule has 0 spiro atoms. The zero-order valence-corrected chi connectivity index (χ0v) is 47.0. The van der Waals surface area contributed by atoms with Crippen molar-refractivity contribution >= 4 is 77.0 Å². The Kier molecular flexibility index (Phi) is 24.3. The van der Waals surface area contributed by atoms with E-state index in [1.807, 2.05) is 0 Å². The molecule has 4 aliphatic rings. The number of hydrogen-bond donors (Lipinski definition) is 12. The van der Waals surface area contributed by atoms with Gasteiger partial charge in [-0.2, -0.15) is 0 Å². The van der Waals surface area contributed by atoms with Gasteiger partial charge in [-0.05, 0) is 75.2 Å². The summed E-state index contributed by atoms with van der Waals surface area (Å²) in [6, 6.07) is -6.27. The summed E-state index contributed by atoms with van der Waals surface area (Å²) in [4.78, 5) is 180. The predicted molar refractivity (Wildman–Crippen MR) is 289 cm³/mol. The summed E-state index contributed by atoms with van der Waals surface area (Å²) < 4.78 is 0. The van der Waals surface area contributed by atoms with E-state index in [1.165, 1.54) is 28.5 Å². The first-order valence-electron chi connectivity index (χ1n) is 28.0. The summed E-state index contributed by atoms with van der Waals surface area (Å²) in [5.41, 5.74) is 6.19. The molecule has 29 nitrogen and oxygen atoms in total. The zero-order chi connectivity index (χ0) is 61.4. The number of nitrogens with zero attached hydrogens (tertiary/aromatic N) is 4. The number of carbonyl (C=O) groups excluding carboxylic acids is 10. The van der Waals surface area contributed by atoms with Gasteiger partial charge in [-0.1, -0.05) is 58.0 Å². The minimum Gasteiger partial charge on any atom is -0.481 e. The van der Waals surface area contributed by atoms with Gasteiger partial charge in [-0.15, -0.1) is 0 Å². The number of aliphatic hydroxyl groups excluding tert-OH is 2. The molecule has 1 aromatic rings. The van der Waals surface area contributed by atoms with Crippen LogP contribution in [0.1, 0.15) is 104 Å². The van der Waals surface area contributed by atoms with Crippen LogP contribution in [0.25, 0.3) is 0 Å². The number of carbonyl (C=O) groups is 13. The van der Waals surface area contributed by atoms with E-state index in [2.05, 4.69) is 31.9 Å². The molecule has 4 saturated heterocycles. The molecule has 0 unspecified atom stereocenters. The van der Waals surface area contributed by atoms with Gasteiger partial charge in [-0.3, -0.25) is 57.5 Å².